The SMILES string of the molecule is C1=Cc2cc3ccc(cc4nc(cc5ccc(cc1n2)[nH]5)C=C4)[nH]3.O=C(O)c1cc[c]([Pd])cc1. The number of carboxylic acids is 1. The Morgan fingerprint density at radius 1 is 0.618 bits per heavy atom. The fourth-order valence-electron chi connectivity index (χ4n) is 3.53. The van der Waals surface area contributed by atoms with Gasteiger partial charge in [-0.1, -0.05) is 0 Å². The summed E-state index contributed by atoms with van der Waals surface area (Å²) >= 11 is 2.95. The molecule has 2 aliphatic heterocycles. The first-order chi connectivity index (χ1) is 16.5. The number of hydrogen-bond donors (Lipinski definition) is 3. The number of nitrogens with zero attached hydrogens (tertiary/aromatic N) is 2. The monoisotopic (exact) mass is 537 g/mol. The van der Waals surface area contributed by atoms with Crippen molar-refractivity contribution in [2.75, 3.05) is 0 Å². The number of benzene rings is 1. The minimum atomic E-state index is -0.892. The summed E-state index contributed by atoms with van der Waals surface area (Å²) < 4.78 is 0.924. The van der Waals surface area contributed by atoms with Crippen molar-refractivity contribution >= 4 is 56.4 Å². The van der Waals surface area contributed by atoms with Crippen LogP contribution < -0.4 is 4.04 Å². The van der Waals surface area contributed by atoms with Gasteiger partial charge in [0.25, 0.3) is 0 Å². The molecule has 3 N–H and O–H groups in total. The van der Waals surface area contributed by atoms with Gasteiger partial charge in [0.05, 0.1) is 22.8 Å². The van der Waals surface area contributed by atoms with Crippen LogP contribution in [0.15, 0.2) is 72.8 Å². The van der Waals surface area contributed by atoms with E-state index in [4.69, 9.17) is 5.11 Å². The second kappa shape index (κ2) is 9.44. The topological polar surface area (TPSA) is 94.7 Å². The summed E-state index contributed by atoms with van der Waals surface area (Å²) in [6.45, 7) is 0. The van der Waals surface area contributed by atoms with Gasteiger partial charge in [-0.3, -0.25) is 0 Å². The van der Waals surface area contributed by atoms with Crippen LogP contribution in [-0.2, 0) is 19.2 Å². The Bertz CT molecular complexity index is 1420. The molecule has 6 rings (SSSR count). The van der Waals surface area contributed by atoms with Gasteiger partial charge in [-0.2, -0.15) is 0 Å². The predicted molar refractivity (Wildman–Crippen MR) is 132 cm³/mol. The zero-order chi connectivity index (χ0) is 23.5. The minimum absolute atomic E-state index is 0.315. The van der Waals surface area contributed by atoms with Crippen molar-refractivity contribution in [1.29, 1.82) is 0 Å². The Balaban J connectivity index is 0.000000204. The van der Waals surface area contributed by atoms with Gasteiger partial charge in [0.2, 0.25) is 0 Å². The molecule has 0 radical (unpaired) electrons. The molecule has 0 spiro atoms. The molecule has 1 aromatic carbocycles. The number of carbonyl (C=O) groups is 1. The van der Waals surface area contributed by atoms with Gasteiger partial charge < -0.3 is 9.97 Å². The summed E-state index contributed by atoms with van der Waals surface area (Å²) in [6.07, 6.45) is 8.09. The molecule has 0 fully saturated rings. The molecule has 7 heteroatoms. The van der Waals surface area contributed by atoms with Crippen LogP contribution >= 0.6 is 0 Å². The molecule has 0 saturated carbocycles. The molecule has 4 aromatic rings. The molecule has 0 aliphatic carbocycles. The van der Waals surface area contributed by atoms with E-state index in [0.717, 1.165) is 48.9 Å². The second-order valence-electron chi connectivity index (χ2n) is 7.68. The molecule has 5 heterocycles. The third-order valence-corrected chi connectivity index (χ3v) is 5.63. The van der Waals surface area contributed by atoms with Crippen LogP contribution in [0.4, 0.5) is 0 Å². The molecule has 0 amide bonds. The average Bonchev–Trinajstić information content (AvgIpc) is 3.60. The number of aromatic nitrogens is 4. The van der Waals surface area contributed by atoms with E-state index in [1.165, 1.54) is 0 Å². The predicted octanol–water partition coefficient (Wildman–Crippen LogP) is 5.21. The van der Waals surface area contributed by atoms with Crippen LogP contribution in [0.25, 0.3) is 46.4 Å². The number of rotatable bonds is 1. The maximum atomic E-state index is 10.3. The normalized spacial score (nSPS) is 11.7. The van der Waals surface area contributed by atoms with Crippen LogP contribution in [-0.4, -0.2) is 31.0 Å². The van der Waals surface area contributed by atoms with Gasteiger partial charge in [-0.05, 0) is 72.8 Å². The Kier molecular flexibility index (Phi) is 6.05. The van der Waals surface area contributed by atoms with E-state index in [-0.39, 0.29) is 0 Å². The van der Waals surface area contributed by atoms with E-state index in [9.17, 15) is 4.79 Å². The molecule has 2 aliphatic rings. The van der Waals surface area contributed by atoms with Crippen LogP contribution in [0.2, 0.25) is 0 Å². The van der Waals surface area contributed by atoms with Crippen molar-refractivity contribution in [1.82, 2.24) is 19.9 Å². The summed E-state index contributed by atoms with van der Waals surface area (Å²) in [5.41, 5.74) is 8.17. The van der Waals surface area contributed by atoms with E-state index in [0.29, 0.717) is 5.56 Å². The Hall–Kier alpha value is -4.05. The second-order valence-corrected chi connectivity index (χ2v) is 8.58. The third-order valence-electron chi connectivity index (χ3n) is 5.11. The number of hydrogen-bond acceptors (Lipinski definition) is 3. The van der Waals surface area contributed by atoms with Gasteiger partial charge in [0, 0.05) is 22.1 Å². The summed E-state index contributed by atoms with van der Waals surface area (Å²) in [6, 6.07) is 22.9. The van der Waals surface area contributed by atoms with Crippen LogP contribution in [0, 0.1) is 0 Å². The van der Waals surface area contributed by atoms with Gasteiger partial charge in [-0.15, -0.1) is 0 Å². The van der Waals surface area contributed by atoms with Crippen molar-refractivity contribution in [3.8, 4) is 0 Å². The first-order valence-corrected chi connectivity index (χ1v) is 11.3. The van der Waals surface area contributed by atoms with E-state index in [2.05, 4.69) is 63.4 Å². The Morgan fingerprint density at radius 3 is 1.29 bits per heavy atom. The van der Waals surface area contributed by atoms with E-state index < -0.39 is 5.97 Å². The zero-order valence-corrected chi connectivity index (χ0v) is 19.4. The number of aromatic amines is 2. The third kappa shape index (κ3) is 5.29. The van der Waals surface area contributed by atoms with E-state index in [1.54, 1.807) is 24.3 Å². The first kappa shape index (κ1) is 21.8. The fourth-order valence-corrected chi connectivity index (χ4v) is 3.78. The quantitative estimate of drug-likeness (QED) is 0.251. The van der Waals surface area contributed by atoms with Gasteiger partial charge in [-0.25, -0.2) is 9.97 Å². The van der Waals surface area contributed by atoms with E-state index >= 15 is 0 Å². The van der Waals surface area contributed by atoms with Crippen molar-refractivity contribution in [2.24, 2.45) is 0 Å². The standard InChI is InChI=1S/C20H14N4.C7H5O2.Pd/c1-2-14-10-16-5-6-18(23-16)12-20-8-7-19(24-20)11-17-4-3-15(22-17)9-13(1)21-14;8-7(9)6-4-2-1-3-5-6;/h1-12,21,24H;2-5H,(H,8,9);. The van der Waals surface area contributed by atoms with Gasteiger partial charge >= 0.3 is 68.9 Å². The molecule has 8 bridgehead atoms. The molecule has 0 atom stereocenters. The van der Waals surface area contributed by atoms with Gasteiger partial charge in [0.1, 0.15) is 0 Å². The van der Waals surface area contributed by atoms with Crippen molar-refractivity contribution in [3.63, 3.8) is 0 Å². The molecule has 3 aromatic heterocycles. The number of H-pyrrole nitrogens is 2. The van der Waals surface area contributed by atoms with Crippen molar-refractivity contribution in [2.45, 2.75) is 0 Å². The first-order valence-electron chi connectivity index (χ1n) is 10.5. The fraction of sp³-hybridized carbons (Fsp3) is 0. The van der Waals surface area contributed by atoms with Crippen LogP contribution in [0.1, 0.15) is 33.1 Å². The summed E-state index contributed by atoms with van der Waals surface area (Å²) in [5, 5.41) is 8.46. The van der Waals surface area contributed by atoms with Crippen LogP contribution in [0.5, 0.6) is 0 Å². The maximum absolute atomic E-state index is 10.3. The molecular formula is C27H19N4O2Pd. The summed E-state index contributed by atoms with van der Waals surface area (Å²) in [4.78, 5) is 26.3. The molecular weight excluding hydrogens is 519 g/mol. The molecule has 6 nitrogen and oxygen atoms in total. The number of nitrogens with one attached hydrogen (secondary N) is 2. The molecule has 169 valence electrons. The molecule has 0 saturated heterocycles. The summed E-state index contributed by atoms with van der Waals surface area (Å²) in [5.74, 6) is -0.892. The Labute approximate surface area is 206 Å². The molecule has 0 unspecified atom stereocenters. The summed E-state index contributed by atoms with van der Waals surface area (Å²) in [7, 11) is 0. The van der Waals surface area contributed by atoms with Crippen molar-refractivity contribution < 1.29 is 29.1 Å². The number of carboxylic acid groups (broad SMARTS) is 1. The van der Waals surface area contributed by atoms with Gasteiger partial charge in [0.15, 0.2) is 0 Å². The zero-order valence-electron chi connectivity index (χ0n) is 17.8. The Morgan fingerprint density at radius 2 is 0.971 bits per heavy atom. The van der Waals surface area contributed by atoms with E-state index in [1.807, 2.05) is 48.6 Å². The molecule has 34 heavy (non-hydrogen) atoms. The number of fused-ring (bicyclic) bond motifs is 8. The average molecular weight is 538 g/mol. The van der Waals surface area contributed by atoms with Crippen LogP contribution in [0.3, 0.4) is 0 Å². The number of aromatic carboxylic acids is 1. The van der Waals surface area contributed by atoms with Crippen molar-refractivity contribution in [3.05, 3.63) is 101 Å².